The summed E-state index contributed by atoms with van der Waals surface area (Å²) in [5.41, 5.74) is 1.15. The summed E-state index contributed by atoms with van der Waals surface area (Å²) in [4.78, 5) is 0. The lowest BCUT2D eigenvalue weighted by atomic mass is 10.2. The van der Waals surface area contributed by atoms with Crippen LogP contribution in [0.5, 0.6) is 5.75 Å². The molecule has 0 bridgehead atoms. The van der Waals surface area contributed by atoms with E-state index in [9.17, 15) is 0 Å². The lowest BCUT2D eigenvalue weighted by molar-refractivity contribution is 0.572. The molecular weight excluding hydrogens is 344 g/mol. The Hall–Kier alpha value is -3.10. The first-order valence-electron chi connectivity index (χ1n) is 9.22. The van der Waals surface area contributed by atoms with Crippen molar-refractivity contribution >= 4 is 23.9 Å². The minimum Gasteiger partial charge on any atom is -0.530 e. The standard InChI is InChI=1S/C25H22OSi/c1-21-13-11-12-20-25(21)26-27(22-14-5-2-6-15-22,23-16-7-3-8-17-23)24-18-9-4-10-19-24/h2-20H,1H3. The van der Waals surface area contributed by atoms with Crippen LogP contribution in [0.25, 0.3) is 0 Å². The predicted molar refractivity (Wildman–Crippen MR) is 116 cm³/mol. The van der Waals surface area contributed by atoms with Crippen LogP contribution in [0.1, 0.15) is 5.56 Å². The van der Waals surface area contributed by atoms with E-state index in [2.05, 4.69) is 116 Å². The predicted octanol–water partition coefficient (Wildman–Crippen LogP) is 4.04. The Morgan fingerprint density at radius 1 is 0.481 bits per heavy atom. The first-order chi connectivity index (χ1) is 13.3. The normalized spacial score (nSPS) is 11.1. The van der Waals surface area contributed by atoms with Crippen molar-refractivity contribution in [1.82, 2.24) is 0 Å². The quantitative estimate of drug-likeness (QED) is 0.383. The fraction of sp³-hybridized carbons (Fsp3) is 0.0400. The molecule has 1 nitrogen and oxygen atoms in total. The molecule has 0 amide bonds. The van der Waals surface area contributed by atoms with Crippen molar-refractivity contribution in [3.63, 3.8) is 0 Å². The SMILES string of the molecule is Cc1ccccc1O[Si](c1ccccc1)(c1ccccc1)c1ccccc1. The Morgan fingerprint density at radius 2 is 0.852 bits per heavy atom. The summed E-state index contributed by atoms with van der Waals surface area (Å²) in [5.74, 6) is 0.945. The molecule has 0 N–H and O–H groups in total. The Balaban J connectivity index is 2.02. The van der Waals surface area contributed by atoms with Gasteiger partial charge in [0.1, 0.15) is 5.75 Å². The molecule has 0 saturated carbocycles. The highest BCUT2D eigenvalue weighted by Gasteiger charge is 2.44. The second-order valence-corrected chi connectivity index (χ2v) is 9.95. The van der Waals surface area contributed by atoms with Crippen LogP contribution in [0.2, 0.25) is 0 Å². The summed E-state index contributed by atoms with van der Waals surface area (Å²) >= 11 is 0. The number of hydrogen-bond acceptors (Lipinski definition) is 1. The Bertz CT molecular complexity index is 901. The number of rotatable bonds is 5. The molecule has 0 aromatic heterocycles. The first-order valence-corrected chi connectivity index (χ1v) is 11.1. The molecule has 4 aromatic carbocycles. The highest BCUT2D eigenvalue weighted by molar-refractivity contribution is 7.07. The van der Waals surface area contributed by atoms with Gasteiger partial charge in [0, 0.05) is 0 Å². The molecular formula is C25H22OSi. The van der Waals surface area contributed by atoms with Gasteiger partial charge in [0.25, 0.3) is 0 Å². The second-order valence-electron chi connectivity index (χ2n) is 6.65. The van der Waals surface area contributed by atoms with Crippen LogP contribution in [0.4, 0.5) is 0 Å². The van der Waals surface area contributed by atoms with Gasteiger partial charge in [0.05, 0.1) is 0 Å². The maximum atomic E-state index is 7.03. The van der Waals surface area contributed by atoms with Crippen molar-refractivity contribution in [1.29, 1.82) is 0 Å². The summed E-state index contributed by atoms with van der Waals surface area (Å²) < 4.78 is 7.03. The van der Waals surface area contributed by atoms with Gasteiger partial charge >= 0.3 is 8.32 Å². The van der Waals surface area contributed by atoms with Crippen LogP contribution < -0.4 is 20.0 Å². The van der Waals surface area contributed by atoms with Crippen LogP contribution in [0.15, 0.2) is 115 Å². The molecule has 0 atom stereocenters. The van der Waals surface area contributed by atoms with Crippen molar-refractivity contribution in [3.05, 3.63) is 121 Å². The van der Waals surface area contributed by atoms with E-state index in [-0.39, 0.29) is 0 Å². The summed E-state index contributed by atoms with van der Waals surface area (Å²) in [6.07, 6.45) is 0. The van der Waals surface area contributed by atoms with Crippen LogP contribution in [0.3, 0.4) is 0 Å². The fourth-order valence-corrected chi connectivity index (χ4v) is 7.43. The Kier molecular flexibility index (Phi) is 4.90. The highest BCUT2D eigenvalue weighted by Crippen LogP contribution is 2.21. The van der Waals surface area contributed by atoms with E-state index in [1.165, 1.54) is 15.6 Å². The van der Waals surface area contributed by atoms with Crippen molar-refractivity contribution in [2.45, 2.75) is 6.92 Å². The van der Waals surface area contributed by atoms with Gasteiger partial charge in [-0.25, -0.2) is 0 Å². The molecule has 4 aromatic rings. The number of para-hydroxylation sites is 1. The van der Waals surface area contributed by atoms with Gasteiger partial charge in [-0.15, -0.1) is 0 Å². The monoisotopic (exact) mass is 366 g/mol. The minimum atomic E-state index is -2.70. The van der Waals surface area contributed by atoms with Crippen molar-refractivity contribution in [2.75, 3.05) is 0 Å². The van der Waals surface area contributed by atoms with Crippen molar-refractivity contribution < 1.29 is 4.43 Å². The van der Waals surface area contributed by atoms with Gasteiger partial charge in [0.15, 0.2) is 0 Å². The van der Waals surface area contributed by atoms with Crippen molar-refractivity contribution in [3.8, 4) is 5.75 Å². The van der Waals surface area contributed by atoms with Crippen LogP contribution in [-0.4, -0.2) is 8.32 Å². The third kappa shape index (κ3) is 3.32. The fourth-order valence-electron chi connectivity index (χ4n) is 3.53. The van der Waals surface area contributed by atoms with Gasteiger partial charge in [0.2, 0.25) is 0 Å². The van der Waals surface area contributed by atoms with Crippen molar-refractivity contribution in [2.24, 2.45) is 0 Å². The molecule has 0 aliphatic rings. The third-order valence-corrected chi connectivity index (χ3v) is 8.86. The van der Waals surface area contributed by atoms with E-state index in [1.54, 1.807) is 0 Å². The summed E-state index contributed by atoms with van der Waals surface area (Å²) in [7, 11) is -2.70. The minimum absolute atomic E-state index is 0.945. The molecule has 0 radical (unpaired) electrons. The number of benzene rings is 4. The zero-order chi connectivity index (χ0) is 18.5. The molecule has 0 spiro atoms. The first kappa shape index (κ1) is 17.3. The molecule has 0 heterocycles. The molecule has 0 fully saturated rings. The summed E-state index contributed by atoms with van der Waals surface area (Å²) in [5, 5.41) is 3.72. The van der Waals surface area contributed by atoms with Crippen LogP contribution in [-0.2, 0) is 0 Å². The van der Waals surface area contributed by atoms with E-state index in [0.717, 1.165) is 11.3 Å². The molecule has 132 valence electrons. The number of hydrogen-bond donors (Lipinski definition) is 0. The Labute approximate surface area is 162 Å². The van der Waals surface area contributed by atoms with E-state index >= 15 is 0 Å². The van der Waals surface area contributed by atoms with E-state index < -0.39 is 8.32 Å². The molecule has 4 rings (SSSR count). The summed E-state index contributed by atoms with van der Waals surface area (Å²) in [6, 6.07) is 40.3. The van der Waals surface area contributed by atoms with E-state index in [1.807, 2.05) is 6.07 Å². The highest BCUT2D eigenvalue weighted by atomic mass is 28.4. The van der Waals surface area contributed by atoms with Gasteiger partial charge in [-0.3, -0.25) is 0 Å². The van der Waals surface area contributed by atoms with Gasteiger partial charge in [-0.05, 0) is 34.1 Å². The molecule has 0 saturated heterocycles. The molecule has 2 heteroatoms. The smallest absolute Gasteiger partial charge is 0.346 e. The Morgan fingerprint density at radius 3 is 1.26 bits per heavy atom. The van der Waals surface area contributed by atoms with Gasteiger partial charge < -0.3 is 4.43 Å². The van der Waals surface area contributed by atoms with Crippen LogP contribution in [0, 0.1) is 6.92 Å². The zero-order valence-electron chi connectivity index (χ0n) is 15.4. The molecule has 27 heavy (non-hydrogen) atoms. The molecule has 0 aliphatic carbocycles. The van der Waals surface area contributed by atoms with E-state index in [0.29, 0.717) is 0 Å². The van der Waals surface area contributed by atoms with Gasteiger partial charge in [-0.1, -0.05) is 109 Å². The maximum Gasteiger partial charge on any atom is 0.346 e. The molecule has 0 unspecified atom stereocenters. The summed E-state index contributed by atoms with van der Waals surface area (Å²) in [6.45, 7) is 2.11. The third-order valence-electron chi connectivity index (χ3n) is 4.90. The van der Waals surface area contributed by atoms with E-state index in [4.69, 9.17) is 4.43 Å². The topological polar surface area (TPSA) is 9.23 Å². The lowest BCUT2D eigenvalue weighted by Gasteiger charge is -2.34. The second kappa shape index (κ2) is 7.64. The zero-order valence-corrected chi connectivity index (χ0v) is 16.4. The number of aryl methyl sites for hydroxylation is 1. The maximum absolute atomic E-state index is 7.03. The lowest BCUT2D eigenvalue weighted by Crippen LogP contribution is -2.71. The largest absolute Gasteiger partial charge is 0.530 e. The average molecular weight is 367 g/mol. The van der Waals surface area contributed by atoms with Gasteiger partial charge in [-0.2, -0.15) is 0 Å². The molecule has 0 aliphatic heterocycles. The average Bonchev–Trinajstić information content (AvgIpc) is 2.75. The van der Waals surface area contributed by atoms with Crippen LogP contribution >= 0.6 is 0 Å².